The van der Waals surface area contributed by atoms with E-state index >= 15 is 0 Å². The molecule has 0 fully saturated rings. The van der Waals surface area contributed by atoms with E-state index in [1.54, 1.807) is 6.08 Å². The summed E-state index contributed by atoms with van der Waals surface area (Å²) in [6.45, 7) is 6.23. The van der Waals surface area contributed by atoms with Crippen molar-refractivity contribution in [2.45, 2.75) is 46.5 Å². The number of rotatable bonds is 6. The standard InChI is InChI=1S/C12H20O/c1-4-5-6-7-8-11(2)12(3)9-10-13/h8-10H,4-7H2,1-3H3/b11-8+,12-9+. The molecule has 0 radical (unpaired) electrons. The van der Waals surface area contributed by atoms with Crippen LogP contribution < -0.4 is 0 Å². The highest BCUT2D eigenvalue weighted by Gasteiger charge is 1.91. The predicted octanol–water partition coefficient (Wildman–Crippen LogP) is 3.66. The lowest BCUT2D eigenvalue weighted by atomic mass is 10.1. The SMILES string of the molecule is CCCCC/C=C(C)/C(C)=C/C=O. The highest BCUT2D eigenvalue weighted by atomic mass is 16.1. The van der Waals surface area contributed by atoms with Crippen molar-refractivity contribution < 1.29 is 4.79 Å². The zero-order valence-corrected chi connectivity index (χ0v) is 8.97. The lowest BCUT2D eigenvalue weighted by Crippen LogP contribution is -1.81. The van der Waals surface area contributed by atoms with Crippen molar-refractivity contribution in [1.29, 1.82) is 0 Å². The maximum atomic E-state index is 10.2. The molecular formula is C12H20O. The molecule has 0 atom stereocenters. The molecule has 0 amide bonds. The summed E-state index contributed by atoms with van der Waals surface area (Å²) in [6, 6.07) is 0. The predicted molar refractivity (Wildman–Crippen MR) is 57.7 cm³/mol. The molecule has 0 N–H and O–H groups in total. The third-order valence-electron chi connectivity index (χ3n) is 2.20. The minimum atomic E-state index is 0.846. The molecule has 0 spiro atoms. The molecule has 0 rings (SSSR count). The molecule has 0 bridgehead atoms. The quantitative estimate of drug-likeness (QED) is 0.264. The van der Waals surface area contributed by atoms with E-state index in [9.17, 15) is 4.79 Å². The van der Waals surface area contributed by atoms with Crippen molar-refractivity contribution >= 4 is 6.29 Å². The van der Waals surface area contributed by atoms with Crippen molar-refractivity contribution in [3.05, 3.63) is 23.3 Å². The Bertz CT molecular complexity index is 199. The van der Waals surface area contributed by atoms with Gasteiger partial charge in [0.15, 0.2) is 0 Å². The normalized spacial score (nSPS) is 13.2. The Labute approximate surface area is 81.5 Å². The Kier molecular flexibility index (Phi) is 7.27. The van der Waals surface area contributed by atoms with E-state index in [2.05, 4.69) is 19.9 Å². The van der Waals surface area contributed by atoms with Crippen LogP contribution in [0.5, 0.6) is 0 Å². The topological polar surface area (TPSA) is 17.1 Å². The second-order valence-corrected chi connectivity index (χ2v) is 3.37. The van der Waals surface area contributed by atoms with Gasteiger partial charge in [0.05, 0.1) is 0 Å². The molecule has 1 heteroatoms. The van der Waals surface area contributed by atoms with Crippen LogP contribution in [-0.4, -0.2) is 6.29 Å². The monoisotopic (exact) mass is 180 g/mol. The van der Waals surface area contributed by atoms with E-state index in [4.69, 9.17) is 0 Å². The van der Waals surface area contributed by atoms with Gasteiger partial charge in [0.25, 0.3) is 0 Å². The molecule has 1 nitrogen and oxygen atoms in total. The first-order valence-corrected chi connectivity index (χ1v) is 5.01. The Morgan fingerprint density at radius 2 is 1.85 bits per heavy atom. The number of aldehydes is 1. The number of unbranched alkanes of at least 4 members (excludes halogenated alkanes) is 3. The van der Waals surface area contributed by atoms with Gasteiger partial charge in [-0.05, 0) is 38.3 Å². The lowest BCUT2D eigenvalue weighted by Gasteiger charge is -1.99. The summed E-state index contributed by atoms with van der Waals surface area (Å²) in [5.74, 6) is 0. The summed E-state index contributed by atoms with van der Waals surface area (Å²) in [5.41, 5.74) is 2.30. The van der Waals surface area contributed by atoms with E-state index in [1.165, 1.54) is 24.8 Å². The lowest BCUT2D eigenvalue weighted by molar-refractivity contribution is -0.104. The van der Waals surface area contributed by atoms with Crippen LogP contribution in [0.1, 0.15) is 46.5 Å². The molecule has 0 heterocycles. The largest absolute Gasteiger partial charge is 0.299 e. The average molecular weight is 180 g/mol. The van der Waals surface area contributed by atoms with Crippen LogP contribution in [0.15, 0.2) is 23.3 Å². The molecule has 0 aromatic carbocycles. The van der Waals surface area contributed by atoms with Gasteiger partial charge in [-0.15, -0.1) is 0 Å². The van der Waals surface area contributed by atoms with E-state index in [0.717, 1.165) is 18.3 Å². The first-order chi connectivity index (χ1) is 6.22. The van der Waals surface area contributed by atoms with E-state index in [0.29, 0.717) is 0 Å². The summed E-state index contributed by atoms with van der Waals surface area (Å²) in [4.78, 5) is 10.2. The molecular weight excluding hydrogens is 160 g/mol. The Hall–Kier alpha value is -0.850. The molecule has 13 heavy (non-hydrogen) atoms. The summed E-state index contributed by atoms with van der Waals surface area (Å²) in [7, 11) is 0. The molecule has 0 unspecified atom stereocenters. The summed E-state index contributed by atoms with van der Waals surface area (Å²) in [5, 5.41) is 0. The van der Waals surface area contributed by atoms with Crippen molar-refractivity contribution in [3.63, 3.8) is 0 Å². The van der Waals surface area contributed by atoms with Crippen LogP contribution in [0.4, 0.5) is 0 Å². The van der Waals surface area contributed by atoms with Gasteiger partial charge < -0.3 is 0 Å². The summed E-state index contributed by atoms with van der Waals surface area (Å²) >= 11 is 0. The molecule has 0 aliphatic carbocycles. The second kappa shape index (κ2) is 7.78. The van der Waals surface area contributed by atoms with E-state index in [1.807, 2.05) is 6.92 Å². The Morgan fingerprint density at radius 3 is 2.38 bits per heavy atom. The van der Waals surface area contributed by atoms with Crippen LogP contribution in [0, 0.1) is 0 Å². The minimum absolute atomic E-state index is 0.846. The van der Waals surface area contributed by atoms with Gasteiger partial charge in [-0.3, -0.25) is 4.79 Å². The van der Waals surface area contributed by atoms with E-state index in [-0.39, 0.29) is 0 Å². The molecule has 0 saturated carbocycles. The second-order valence-electron chi connectivity index (χ2n) is 3.37. The first-order valence-electron chi connectivity index (χ1n) is 5.01. The van der Waals surface area contributed by atoms with Gasteiger partial charge in [-0.2, -0.15) is 0 Å². The highest BCUT2D eigenvalue weighted by Crippen LogP contribution is 2.10. The van der Waals surface area contributed by atoms with Gasteiger partial charge in [-0.25, -0.2) is 0 Å². The number of allylic oxidation sites excluding steroid dienone is 4. The van der Waals surface area contributed by atoms with Gasteiger partial charge in [-0.1, -0.05) is 31.4 Å². The van der Waals surface area contributed by atoms with Gasteiger partial charge in [0, 0.05) is 0 Å². The third kappa shape index (κ3) is 6.32. The van der Waals surface area contributed by atoms with Crippen LogP contribution in [-0.2, 0) is 4.79 Å². The van der Waals surface area contributed by atoms with Crippen LogP contribution in [0.2, 0.25) is 0 Å². The molecule has 74 valence electrons. The van der Waals surface area contributed by atoms with Crippen molar-refractivity contribution in [1.82, 2.24) is 0 Å². The van der Waals surface area contributed by atoms with Gasteiger partial charge in [0.1, 0.15) is 6.29 Å². The first kappa shape index (κ1) is 12.2. The van der Waals surface area contributed by atoms with Crippen LogP contribution in [0.25, 0.3) is 0 Å². The highest BCUT2D eigenvalue weighted by molar-refractivity contribution is 5.67. The molecule has 0 aromatic heterocycles. The van der Waals surface area contributed by atoms with Gasteiger partial charge in [0.2, 0.25) is 0 Å². The maximum absolute atomic E-state index is 10.2. The van der Waals surface area contributed by atoms with E-state index < -0.39 is 0 Å². The van der Waals surface area contributed by atoms with Gasteiger partial charge >= 0.3 is 0 Å². The van der Waals surface area contributed by atoms with Crippen LogP contribution in [0.3, 0.4) is 0 Å². The number of hydrogen-bond donors (Lipinski definition) is 0. The third-order valence-corrected chi connectivity index (χ3v) is 2.20. The zero-order chi connectivity index (χ0) is 10.1. The average Bonchev–Trinajstić information content (AvgIpc) is 2.12. The maximum Gasteiger partial charge on any atom is 0.143 e. The zero-order valence-electron chi connectivity index (χ0n) is 8.97. The van der Waals surface area contributed by atoms with Crippen molar-refractivity contribution in [3.8, 4) is 0 Å². The Morgan fingerprint density at radius 1 is 1.15 bits per heavy atom. The number of carbonyl (C=O) groups is 1. The van der Waals surface area contributed by atoms with Crippen molar-refractivity contribution in [2.24, 2.45) is 0 Å². The fraction of sp³-hybridized carbons (Fsp3) is 0.583. The minimum Gasteiger partial charge on any atom is -0.299 e. The smallest absolute Gasteiger partial charge is 0.143 e. The molecule has 0 aromatic rings. The van der Waals surface area contributed by atoms with Crippen LogP contribution >= 0.6 is 0 Å². The Balaban J connectivity index is 3.87. The summed E-state index contributed by atoms with van der Waals surface area (Å²) in [6.07, 6.45) is 9.61. The number of hydrogen-bond acceptors (Lipinski definition) is 1. The summed E-state index contributed by atoms with van der Waals surface area (Å²) < 4.78 is 0. The number of carbonyl (C=O) groups excluding carboxylic acids is 1. The van der Waals surface area contributed by atoms with Crippen molar-refractivity contribution in [2.75, 3.05) is 0 Å². The fourth-order valence-electron chi connectivity index (χ4n) is 1.11. The fourth-order valence-corrected chi connectivity index (χ4v) is 1.11. The molecule has 0 saturated heterocycles. The molecule has 0 aliphatic heterocycles. The molecule has 0 aliphatic rings.